The first-order valence-corrected chi connectivity index (χ1v) is 7.21. The predicted octanol–water partition coefficient (Wildman–Crippen LogP) is 4.33. The average molecular weight is 288 g/mol. The molecule has 1 aliphatic rings. The van der Waals surface area contributed by atoms with Crippen molar-refractivity contribution in [3.05, 3.63) is 58.6 Å². The first kappa shape index (κ1) is 13.5. The Bertz CT molecular complexity index is 624. The van der Waals surface area contributed by atoms with Gasteiger partial charge < -0.3 is 9.64 Å². The van der Waals surface area contributed by atoms with Crippen LogP contribution in [0.2, 0.25) is 5.02 Å². The smallest absolute Gasteiger partial charge is 0.131 e. The number of nitrogens with zero attached hydrogens (tertiary/aromatic N) is 1. The maximum absolute atomic E-state index is 6.17. The molecule has 1 atom stereocenters. The first-order valence-electron chi connectivity index (χ1n) is 6.83. The van der Waals surface area contributed by atoms with Crippen molar-refractivity contribution < 1.29 is 4.74 Å². The lowest BCUT2D eigenvalue weighted by atomic mass is 9.91. The molecule has 1 unspecified atom stereocenters. The lowest BCUT2D eigenvalue weighted by Crippen LogP contribution is -2.21. The van der Waals surface area contributed by atoms with Crippen molar-refractivity contribution in [1.29, 1.82) is 0 Å². The average Bonchev–Trinajstić information content (AvgIpc) is 2.55. The molecule has 0 aliphatic carbocycles. The summed E-state index contributed by atoms with van der Waals surface area (Å²) < 4.78 is 6.09. The number of fused-ring (bicyclic) bond motifs is 2. The van der Waals surface area contributed by atoms with Gasteiger partial charge in [-0.05, 0) is 50.3 Å². The number of rotatable bonds is 2. The molecular weight excluding hydrogens is 270 g/mol. The van der Waals surface area contributed by atoms with Crippen LogP contribution in [0.15, 0.2) is 42.5 Å². The molecule has 0 amide bonds. The quantitative estimate of drug-likeness (QED) is 0.815. The van der Waals surface area contributed by atoms with Crippen LogP contribution in [-0.4, -0.2) is 25.5 Å². The molecule has 0 saturated heterocycles. The molecule has 0 N–H and O–H groups in total. The van der Waals surface area contributed by atoms with E-state index in [1.807, 2.05) is 30.3 Å². The number of ether oxygens (including phenoxy) is 1. The third-order valence-corrected chi connectivity index (χ3v) is 3.89. The van der Waals surface area contributed by atoms with E-state index in [1.165, 1.54) is 11.1 Å². The van der Waals surface area contributed by atoms with E-state index in [0.29, 0.717) is 5.92 Å². The van der Waals surface area contributed by atoms with Crippen LogP contribution < -0.4 is 4.74 Å². The number of benzene rings is 2. The van der Waals surface area contributed by atoms with Crippen LogP contribution in [0.1, 0.15) is 17.0 Å². The Labute approximate surface area is 124 Å². The van der Waals surface area contributed by atoms with Gasteiger partial charge in [-0.25, -0.2) is 0 Å². The summed E-state index contributed by atoms with van der Waals surface area (Å²) in [5, 5.41) is 0.766. The molecule has 3 heteroatoms. The van der Waals surface area contributed by atoms with Crippen molar-refractivity contribution in [3.8, 4) is 11.5 Å². The van der Waals surface area contributed by atoms with Crippen molar-refractivity contribution in [2.75, 3.05) is 20.6 Å². The zero-order chi connectivity index (χ0) is 14.1. The fraction of sp³-hybridized carbons (Fsp3) is 0.294. The van der Waals surface area contributed by atoms with Gasteiger partial charge in [0.05, 0.1) is 0 Å². The van der Waals surface area contributed by atoms with E-state index in [2.05, 4.69) is 31.1 Å². The Balaban J connectivity index is 2.08. The van der Waals surface area contributed by atoms with Crippen LogP contribution in [0.3, 0.4) is 0 Å². The van der Waals surface area contributed by atoms with Crippen LogP contribution in [0.5, 0.6) is 11.5 Å². The molecule has 1 heterocycles. The standard InChI is InChI=1S/C17H18ClNO/c1-19(2)11-13-9-12-5-3-4-6-16(12)20-17-8-7-14(18)10-15(13)17/h3-8,10,13H,9,11H2,1-2H3. The highest BCUT2D eigenvalue weighted by atomic mass is 35.5. The maximum Gasteiger partial charge on any atom is 0.131 e. The zero-order valence-electron chi connectivity index (χ0n) is 11.8. The summed E-state index contributed by atoms with van der Waals surface area (Å²) in [6.07, 6.45) is 0.974. The van der Waals surface area contributed by atoms with Gasteiger partial charge in [0.2, 0.25) is 0 Å². The van der Waals surface area contributed by atoms with Crippen LogP contribution in [-0.2, 0) is 6.42 Å². The van der Waals surface area contributed by atoms with Crippen LogP contribution in [0.25, 0.3) is 0 Å². The second kappa shape index (κ2) is 5.47. The SMILES string of the molecule is CN(C)CC1Cc2ccccc2Oc2ccc(Cl)cc21. The molecule has 0 radical (unpaired) electrons. The lowest BCUT2D eigenvalue weighted by molar-refractivity contribution is 0.371. The number of hydrogen-bond acceptors (Lipinski definition) is 2. The Kier molecular flexibility index (Phi) is 3.68. The Hall–Kier alpha value is -1.51. The van der Waals surface area contributed by atoms with Gasteiger partial charge >= 0.3 is 0 Å². The molecule has 0 fully saturated rings. The molecular formula is C17H18ClNO. The molecule has 1 aliphatic heterocycles. The van der Waals surface area contributed by atoms with Crippen LogP contribution in [0, 0.1) is 0 Å². The number of halogens is 1. The van der Waals surface area contributed by atoms with Gasteiger partial charge in [0.25, 0.3) is 0 Å². The molecule has 2 aromatic carbocycles. The molecule has 2 aromatic rings. The largest absolute Gasteiger partial charge is 0.457 e. The molecule has 2 nitrogen and oxygen atoms in total. The van der Waals surface area contributed by atoms with E-state index in [1.54, 1.807) is 0 Å². The first-order chi connectivity index (χ1) is 9.63. The van der Waals surface area contributed by atoms with Gasteiger partial charge in [-0.3, -0.25) is 0 Å². The number of hydrogen-bond donors (Lipinski definition) is 0. The van der Waals surface area contributed by atoms with Crippen molar-refractivity contribution in [3.63, 3.8) is 0 Å². The minimum atomic E-state index is 0.391. The minimum Gasteiger partial charge on any atom is -0.457 e. The van der Waals surface area contributed by atoms with E-state index >= 15 is 0 Å². The van der Waals surface area contributed by atoms with E-state index in [0.717, 1.165) is 29.5 Å². The number of para-hydroxylation sites is 1. The number of likely N-dealkylation sites (N-methyl/N-ethyl adjacent to an activating group) is 1. The summed E-state index contributed by atoms with van der Waals surface area (Å²) in [6.45, 7) is 0.977. The molecule has 20 heavy (non-hydrogen) atoms. The highest BCUT2D eigenvalue weighted by Gasteiger charge is 2.24. The van der Waals surface area contributed by atoms with E-state index in [4.69, 9.17) is 16.3 Å². The third-order valence-electron chi connectivity index (χ3n) is 3.66. The van der Waals surface area contributed by atoms with Gasteiger partial charge in [-0.1, -0.05) is 29.8 Å². The fourth-order valence-electron chi connectivity index (χ4n) is 2.80. The van der Waals surface area contributed by atoms with Gasteiger partial charge in [-0.2, -0.15) is 0 Å². The van der Waals surface area contributed by atoms with Crippen molar-refractivity contribution in [1.82, 2.24) is 4.90 Å². The monoisotopic (exact) mass is 287 g/mol. The summed E-state index contributed by atoms with van der Waals surface area (Å²) in [4.78, 5) is 2.21. The Morgan fingerprint density at radius 3 is 2.75 bits per heavy atom. The van der Waals surface area contributed by atoms with Crippen molar-refractivity contribution in [2.45, 2.75) is 12.3 Å². The van der Waals surface area contributed by atoms with Crippen molar-refractivity contribution >= 4 is 11.6 Å². The lowest BCUT2D eigenvalue weighted by Gasteiger charge is -2.21. The third kappa shape index (κ3) is 2.67. The molecule has 104 valence electrons. The summed E-state index contributed by atoms with van der Waals surface area (Å²) >= 11 is 6.17. The predicted molar refractivity (Wildman–Crippen MR) is 83.0 cm³/mol. The van der Waals surface area contributed by atoms with Crippen molar-refractivity contribution in [2.24, 2.45) is 0 Å². The van der Waals surface area contributed by atoms with Gasteiger partial charge in [0, 0.05) is 23.0 Å². The second-order valence-electron chi connectivity index (χ2n) is 5.56. The van der Waals surface area contributed by atoms with E-state index in [-0.39, 0.29) is 0 Å². The highest BCUT2D eigenvalue weighted by molar-refractivity contribution is 6.30. The molecule has 0 saturated carbocycles. The van der Waals surface area contributed by atoms with E-state index < -0.39 is 0 Å². The molecule has 0 aromatic heterocycles. The van der Waals surface area contributed by atoms with Crippen LogP contribution >= 0.6 is 11.6 Å². The molecule has 3 rings (SSSR count). The Morgan fingerprint density at radius 2 is 1.95 bits per heavy atom. The zero-order valence-corrected chi connectivity index (χ0v) is 12.5. The molecule has 0 bridgehead atoms. The molecule has 0 spiro atoms. The van der Waals surface area contributed by atoms with Crippen LogP contribution in [0.4, 0.5) is 0 Å². The summed E-state index contributed by atoms with van der Waals surface area (Å²) in [5.41, 5.74) is 2.45. The van der Waals surface area contributed by atoms with E-state index in [9.17, 15) is 0 Å². The second-order valence-corrected chi connectivity index (χ2v) is 5.99. The van der Waals surface area contributed by atoms with Gasteiger partial charge in [0.1, 0.15) is 11.5 Å². The fourth-order valence-corrected chi connectivity index (χ4v) is 2.98. The Morgan fingerprint density at radius 1 is 1.15 bits per heavy atom. The van der Waals surface area contributed by atoms with Gasteiger partial charge in [-0.15, -0.1) is 0 Å². The summed E-state index contributed by atoms with van der Waals surface area (Å²) in [7, 11) is 4.20. The summed E-state index contributed by atoms with van der Waals surface area (Å²) in [5.74, 6) is 2.27. The summed E-state index contributed by atoms with van der Waals surface area (Å²) in [6, 6.07) is 14.2. The topological polar surface area (TPSA) is 12.5 Å². The van der Waals surface area contributed by atoms with Gasteiger partial charge in [0.15, 0.2) is 0 Å². The highest BCUT2D eigenvalue weighted by Crippen LogP contribution is 2.40. The normalized spacial score (nSPS) is 17.1. The maximum atomic E-state index is 6.17. The minimum absolute atomic E-state index is 0.391.